The fraction of sp³-hybridized carbons (Fsp3) is 0.100. The molecule has 0 bridgehead atoms. The third kappa shape index (κ3) is 5.67. The zero-order valence-electron chi connectivity index (χ0n) is 9.08. The summed E-state index contributed by atoms with van der Waals surface area (Å²) in [6.07, 6.45) is 1.07. The predicted octanol–water partition coefficient (Wildman–Crippen LogP) is 0.312. The normalized spacial score (nSPS) is 10.3. The average Bonchev–Trinajstić information content (AvgIpc) is 2.28. The molecule has 1 rings (SSSR count). The van der Waals surface area contributed by atoms with Gasteiger partial charge in [0.2, 0.25) is 0 Å². The number of amides is 1. The Kier molecular flexibility index (Phi) is 7.53. The molecule has 1 aromatic carbocycles. The van der Waals surface area contributed by atoms with Gasteiger partial charge < -0.3 is 16.2 Å². The monoisotopic (exact) mass is 312 g/mol. The van der Waals surface area contributed by atoms with Crippen LogP contribution in [-0.4, -0.2) is 22.8 Å². The van der Waals surface area contributed by atoms with Crippen LogP contribution < -0.4 is 16.1 Å². The van der Waals surface area contributed by atoms with Crippen molar-refractivity contribution in [2.75, 3.05) is 11.6 Å². The van der Waals surface area contributed by atoms with Crippen molar-refractivity contribution < 1.29 is 47.8 Å². The number of anilines is 1. The fourth-order valence-electron chi connectivity index (χ4n) is 1.03. The number of aliphatic hydroxyl groups excluding tert-OH is 1. The van der Waals surface area contributed by atoms with Crippen molar-refractivity contribution in [3.8, 4) is 0 Å². The van der Waals surface area contributed by atoms with Crippen LogP contribution in [0.1, 0.15) is 0 Å². The van der Waals surface area contributed by atoms with Gasteiger partial charge in [-0.2, -0.15) is 5.06 Å². The summed E-state index contributed by atoms with van der Waals surface area (Å²) >= 11 is 0. The standard InChI is InChI=1S/C10H13N3O3.Y/c11-9(14)6-12-7-10(15)13(16)8-4-2-1-3-5-8;/h1-6,12,14,16H,7,11H2;/b9-6+;. The zero-order chi connectivity index (χ0) is 12.0. The van der Waals surface area contributed by atoms with E-state index in [4.69, 9.17) is 10.8 Å². The molecule has 0 fully saturated rings. The SMILES string of the molecule is N/C(O)=C\NCC(=O)N(O)c1ccccc1.[Y]. The molecule has 17 heavy (non-hydrogen) atoms. The van der Waals surface area contributed by atoms with Crippen molar-refractivity contribution >= 4 is 11.6 Å². The Labute approximate surface area is 124 Å². The third-order valence-corrected chi connectivity index (χ3v) is 1.74. The van der Waals surface area contributed by atoms with Gasteiger partial charge in [0.05, 0.1) is 18.4 Å². The summed E-state index contributed by atoms with van der Waals surface area (Å²) in [4.78, 5) is 11.4. The Hall–Kier alpha value is -1.11. The number of hydrogen-bond acceptors (Lipinski definition) is 5. The number of carbonyl (C=O) groups excluding carboxylic acids is 1. The molecule has 5 N–H and O–H groups in total. The van der Waals surface area contributed by atoms with Gasteiger partial charge in [0, 0.05) is 32.7 Å². The van der Waals surface area contributed by atoms with Crippen LogP contribution in [0.15, 0.2) is 42.4 Å². The first-order valence-electron chi connectivity index (χ1n) is 4.56. The molecule has 1 aromatic rings. The third-order valence-electron chi connectivity index (χ3n) is 1.74. The first-order chi connectivity index (χ1) is 7.61. The largest absolute Gasteiger partial charge is 0.494 e. The van der Waals surface area contributed by atoms with Gasteiger partial charge in [0.25, 0.3) is 5.91 Å². The van der Waals surface area contributed by atoms with E-state index >= 15 is 0 Å². The van der Waals surface area contributed by atoms with Crippen molar-refractivity contribution in [2.45, 2.75) is 0 Å². The maximum Gasteiger partial charge on any atom is 0.269 e. The Balaban J connectivity index is 0.00000256. The van der Waals surface area contributed by atoms with Crippen molar-refractivity contribution in [1.29, 1.82) is 0 Å². The van der Waals surface area contributed by atoms with E-state index in [9.17, 15) is 10.0 Å². The Morgan fingerprint density at radius 1 is 1.41 bits per heavy atom. The molecule has 7 heteroatoms. The van der Waals surface area contributed by atoms with E-state index in [2.05, 4.69) is 5.32 Å². The van der Waals surface area contributed by atoms with Crippen LogP contribution in [-0.2, 0) is 37.5 Å². The van der Waals surface area contributed by atoms with Crippen LogP contribution in [0, 0.1) is 0 Å². The summed E-state index contributed by atoms with van der Waals surface area (Å²) in [5.41, 5.74) is 5.30. The molecule has 6 nitrogen and oxygen atoms in total. The van der Waals surface area contributed by atoms with Crippen molar-refractivity contribution in [3.63, 3.8) is 0 Å². The van der Waals surface area contributed by atoms with Crippen molar-refractivity contribution in [3.05, 3.63) is 42.4 Å². The van der Waals surface area contributed by atoms with E-state index in [0.29, 0.717) is 10.8 Å². The van der Waals surface area contributed by atoms with Gasteiger partial charge in [-0.25, -0.2) is 0 Å². The quantitative estimate of drug-likeness (QED) is 0.364. The first kappa shape index (κ1) is 15.9. The van der Waals surface area contributed by atoms with Crippen LogP contribution in [0.5, 0.6) is 0 Å². The molecular weight excluding hydrogens is 299 g/mol. The van der Waals surface area contributed by atoms with Crippen LogP contribution >= 0.6 is 0 Å². The van der Waals surface area contributed by atoms with Crippen LogP contribution in [0.2, 0.25) is 0 Å². The first-order valence-corrected chi connectivity index (χ1v) is 4.56. The minimum atomic E-state index is -0.566. The van der Waals surface area contributed by atoms with Crippen LogP contribution in [0.25, 0.3) is 0 Å². The van der Waals surface area contributed by atoms with E-state index in [1.165, 1.54) is 0 Å². The van der Waals surface area contributed by atoms with Crippen molar-refractivity contribution in [2.24, 2.45) is 5.73 Å². The molecule has 0 atom stereocenters. The maximum atomic E-state index is 11.4. The summed E-state index contributed by atoms with van der Waals surface area (Å²) in [7, 11) is 0. The number of carbonyl (C=O) groups is 1. The Bertz CT molecular complexity index is 380. The number of para-hydroxylation sites is 1. The van der Waals surface area contributed by atoms with E-state index in [1.807, 2.05) is 0 Å². The molecule has 1 radical (unpaired) electrons. The second kappa shape index (κ2) is 8.05. The zero-order valence-corrected chi connectivity index (χ0v) is 11.9. The summed E-state index contributed by atoms with van der Waals surface area (Å²) < 4.78 is 0. The summed E-state index contributed by atoms with van der Waals surface area (Å²) in [5.74, 6) is -0.999. The molecule has 0 unspecified atom stereocenters. The van der Waals surface area contributed by atoms with Gasteiger partial charge in [-0.1, -0.05) is 18.2 Å². The van der Waals surface area contributed by atoms with Crippen molar-refractivity contribution in [1.82, 2.24) is 5.32 Å². The minimum Gasteiger partial charge on any atom is -0.494 e. The van der Waals surface area contributed by atoms with Gasteiger partial charge >= 0.3 is 0 Å². The van der Waals surface area contributed by atoms with Gasteiger partial charge in [-0.05, 0) is 12.1 Å². The molecule has 0 aliphatic carbocycles. The number of nitrogens with two attached hydrogens (primary N) is 1. The van der Waals surface area contributed by atoms with E-state index < -0.39 is 11.8 Å². The maximum absolute atomic E-state index is 11.4. The Morgan fingerprint density at radius 2 is 2.00 bits per heavy atom. The molecule has 0 spiro atoms. The topological polar surface area (TPSA) is 98.8 Å². The number of hydroxylamine groups is 1. The minimum absolute atomic E-state index is 0. The molecule has 0 saturated carbocycles. The van der Waals surface area contributed by atoms with Crippen LogP contribution in [0.3, 0.4) is 0 Å². The predicted molar refractivity (Wildman–Crippen MR) is 58.6 cm³/mol. The molecule has 0 saturated heterocycles. The second-order valence-electron chi connectivity index (χ2n) is 2.99. The van der Waals surface area contributed by atoms with E-state index in [1.54, 1.807) is 30.3 Å². The van der Waals surface area contributed by atoms with Gasteiger partial charge in [0.1, 0.15) is 0 Å². The fourth-order valence-corrected chi connectivity index (χ4v) is 1.03. The number of hydrogen-bond donors (Lipinski definition) is 4. The number of nitrogens with zero attached hydrogens (tertiary/aromatic N) is 1. The molecule has 89 valence electrons. The molecule has 0 aromatic heterocycles. The number of nitrogens with one attached hydrogen (secondary N) is 1. The molecule has 0 aliphatic heterocycles. The second-order valence-corrected chi connectivity index (χ2v) is 2.99. The van der Waals surface area contributed by atoms with Crippen LogP contribution in [0.4, 0.5) is 5.69 Å². The van der Waals surface area contributed by atoms with Gasteiger partial charge in [-0.15, -0.1) is 0 Å². The molecule has 0 aliphatic rings. The number of aliphatic hydroxyl groups is 1. The summed E-state index contributed by atoms with van der Waals surface area (Å²) in [6, 6.07) is 8.35. The smallest absolute Gasteiger partial charge is 0.269 e. The van der Waals surface area contributed by atoms with Gasteiger partial charge in [-0.3, -0.25) is 10.0 Å². The molecule has 0 heterocycles. The molecular formula is C10H13N3O3Y. The number of benzene rings is 1. The summed E-state index contributed by atoms with van der Waals surface area (Å²) in [5, 5.41) is 21.1. The average molecular weight is 312 g/mol. The van der Waals surface area contributed by atoms with E-state index in [-0.39, 0.29) is 39.3 Å². The van der Waals surface area contributed by atoms with Gasteiger partial charge in [0.15, 0.2) is 5.88 Å². The number of rotatable bonds is 4. The Morgan fingerprint density at radius 3 is 2.53 bits per heavy atom. The van der Waals surface area contributed by atoms with E-state index in [0.717, 1.165) is 6.20 Å². The molecule has 1 amide bonds. The summed E-state index contributed by atoms with van der Waals surface area (Å²) in [6.45, 7) is -0.174.